The van der Waals surface area contributed by atoms with E-state index < -0.39 is 5.82 Å². The van der Waals surface area contributed by atoms with Crippen LogP contribution in [0.2, 0.25) is 5.02 Å². The van der Waals surface area contributed by atoms with Crippen LogP contribution in [0.4, 0.5) is 15.9 Å². The highest BCUT2D eigenvalue weighted by Gasteiger charge is 2.25. The van der Waals surface area contributed by atoms with E-state index in [-0.39, 0.29) is 5.02 Å². The van der Waals surface area contributed by atoms with Gasteiger partial charge in [-0.2, -0.15) is 5.10 Å². The van der Waals surface area contributed by atoms with Crippen LogP contribution in [0.25, 0.3) is 21.9 Å². The third-order valence-corrected chi connectivity index (χ3v) is 7.71. The van der Waals surface area contributed by atoms with Crippen LogP contribution in [0.1, 0.15) is 16.9 Å². The summed E-state index contributed by atoms with van der Waals surface area (Å²) in [5.41, 5.74) is 4.04. The number of nitrogens with zero attached hydrogens (tertiary/aromatic N) is 5. The SMILES string of the molecule is Fc1ccc(Nc2ncnc3sc4c(c23)C=CC2=NN(CCN3CCNCC3)C=C4C2)cc1Cl. The van der Waals surface area contributed by atoms with Crippen molar-refractivity contribution in [1.82, 2.24) is 25.2 Å². The number of aromatic nitrogens is 2. The first-order valence-electron chi connectivity index (χ1n) is 11.3. The third kappa shape index (κ3) is 4.20. The first-order valence-corrected chi connectivity index (χ1v) is 12.5. The predicted octanol–water partition coefficient (Wildman–Crippen LogP) is 4.56. The van der Waals surface area contributed by atoms with Crippen molar-refractivity contribution < 1.29 is 4.39 Å². The largest absolute Gasteiger partial charge is 0.340 e. The summed E-state index contributed by atoms with van der Waals surface area (Å²) in [6, 6.07) is 4.56. The zero-order valence-corrected chi connectivity index (χ0v) is 20.0. The van der Waals surface area contributed by atoms with E-state index in [1.54, 1.807) is 29.8 Å². The van der Waals surface area contributed by atoms with Gasteiger partial charge in [-0.05, 0) is 29.8 Å². The molecule has 1 aliphatic carbocycles. The van der Waals surface area contributed by atoms with Gasteiger partial charge in [-0.3, -0.25) is 9.91 Å². The van der Waals surface area contributed by atoms with Gasteiger partial charge in [0.15, 0.2) is 0 Å². The smallest absolute Gasteiger partial charge is 0.143 e. The number of thiophene rings is 1. The summed E-state index contributed by atoms with van der Waals surface area (Å²) >= 11 is 7.64. The molecule has 2 bridgehead atoms. The van der Waals surface area contributed by atoms with E-state index in [0.717, 1.165) is 67.2 Å². The number of nitrogens with one attached hydrogen (secondary N) is 2. The van der Waals surface area contributed by atoms with Gasteiger partial charge in [-0.15, -0.1) is 11.3 Å². The topological polar surface area (TPSA) is 68.7 Å². The van der Waals surface area contributed by atoms with Crippen LogP contribution in [-0.4, -0.2) is 64.9 Å². The van der Waals surface area contributed by atoms with Crippen LogP contribution in [-0.2, 0) is 0 Å². The molecule has 0 spiro atoms. The molecule has 4 heterocycles. The minimum absolute atomic E-state index is 0.0669. The van der Waals surface area contributed by atoms with E-state index in [1.807, 2.05) is 0 Å². The number of benzene rings is 1. The van der Waals surface area contributed by atoms with Gasteiger partial charge in [0.2, 0.25) is 0 Å². The van der Waals surface area contributed by atoms with Gasteiger partial charge in [-0.25, -0.2) is 14.4 Å². The number of hydrogen-bond donors (Lipinski definition) is 2. The molecule has 7 nitrogen and oxygen atoms in total. The summed E-state index contributed by atoms with van der Waals surface area (Å²) in [4.78, 5) is 13.6. The molecule has 34 heavy (non-hydrogen) atoms. The molecule has 174 valence electrons. The number of allylic oxidation sites excluding steroid dienone is 2. The second-order valence-corrected chi connectivity index (χ2v) is 9.92. The Morgan fingerprint density at radius 2 is 2.03 bits per heavy atom. The summed E-state index contributed by atoms with van der Waals surface area (Å²) in [6.07, 6.45) is 8.73. The van der Waals surface area contributed by atoms with Crippen molar-refractivity contribution in [2.45, 2.75) is 6.42 Å². The Morgan fingerprint density at radius 3 is 2.88 bits per heavy atom. The number of piperazine rings is 1. The Kier molecular flexibility index (Phi) is 5.78. The van der Waals surface area contributed by atoms with Crippen molar-refractivity contribution >= 4 is 62.0 Å². The highest BCUT2D eigenvalue weighted by atomic mass is 35.5. The zero-order chi connectivity index (χ0) is 23.1. The maximum absolute atomic E-state index is 13.6. The molecule has 2 aliphatic heterocycles. The molecule has 0 atom stereocenters. The van der Waals surface area contributed by atoms with Crippen molar-refractivity contribution in [3.05, 3.63) is 58.1 Å². The molecule has 1 aromatic carbocycles. The summed E-state index contributed by atoms with van der Waals surface area (Å²) in [5.74, 6) is 0.221. The lowest BCUT2D eigenvalue weighted by atomic mass is 10.1. The Morgan fingerprint density at radius 1 is 1.15 bits per heavy atom. The minimum Gasteiger partial charge on any atom is -0.340 e. The van der Waals surface area contributed by atoms with E-state index in [9.17, 15) is 4.39 Å². The Hall–Kier alpha value is -2.85. The van der Waals surface area contributed by atoms with Gasteiger partial charge in [0.25, 0.3) is 0 Å². The maximum atomic E-state index is 13.6. The summed E-state index contributed by atoms with van der Waals surface area (Å²) < 4.78 is 13.6. The monoisotopic (exact) mass is 495 g/mol. The summed E-state index contributed by atoms with van der Waals surface area (Å²) in [6.45, 7) is 6.10. The van der Waals surface area contributed by atoms with Crippen molar-refractivity contribution in [3.63, 3.8) is 0 Å². The number of hydrazone groups is 1. The standard InChI is InChI=1S/C24H23ClFN7S/c25-19-12-16(2-4-20(19)26)30-23-21-18-3-1-17-11-15(22(18)34-24(21)29-14-28-23)13-33(31-17)10-9-32-7-5-27-6-8-32/h1-4,12-14,27H,5-11H2,(H,28,29,30). The molecule has 2 N–H and O–H groups in total. The molecule has 6 rings (SSSR count). The fourth-order valence-electron chi connectivity index (χ4n) is 4.51. The third-order valence-electron chi connectivity index (χ3n) is 6.23. The second-order valence-electron chi connectivity index (χ2n) is 8.51. The van der Waals surface area contributed by atoms with Gasteiger partial charge in [0, 0.05) is 61.5 Å². The number of halogens is 2. The normalized spacial score (nSPS) is 17.9. The van der Waals surface area contributed by atoms with Crippen LogP contribution >= 0.6 is 22.9 Å². The first-order chi connectivity index (χ1) is 16.6. The quantitative estimate of drug-likeness (QED) is 0.540. The van der Waals surface area contributed by atoms with Crippen LogP contribution in [0.15, 0.2) is 41.9 Å². The van der Waals surface area contributed by atoms with Crippen LogP contribution in [0.3, 0.4) is 0 Å². The van der Waals surface area contributed by atoms with Crippen LogP contribution < -0.4 is 10.6 Å². The lowest BCUT2D eigenvalue weighted by Crippen LogP contribution is -2.45. The molecule has 0 radical (unpaired) electrons. The average Bonchev–Trinajstić information content (AvgIpc) is 3.19. The van der Waals surface area contributed by atoms with Crippen molar-refractivity contribution in [2.24, 2.45) is 5.10 Å². The predicted molar refractivity (Wildman–Crippen MR) is 137 cm³/mol. The molecule has 0 amide bonds. The first kappa shape index (κ1) is 21.7. The molecular formula is C24H23ClFN7S. The highest BCUT2D eigenvalue weighted by Crippen LogP contribution is 2.43. The number of fused-ring (bicyclic) bond motifs is 6. The Balaban J connectivity index is 1.33. The Labute approximate surface area is 205 Å². The van der Waals surface area contributed by atoms with E-state index in [0.29, 0.717) is 11.5 Å². The van der Waals surface area contributed by atoms with E-state index in [4.69, 9.17) is 16.7 Å². The fraction of sp³-hybridized carbons (Fsp3) is 0.292. The second kappa shape index (κ2) is 9.07. The molecule has 3 aliphatic rings. The molecule has 0 saturated carbocycles. The molecular weight excluding hydrogens is 473 g/mol. The van der Waals surface area contributed by atoms with Gasteiger partial charge in [-0.1, -0.05) is 17.7 Å². The molecule has 1 fully saturated rings. The highest BCUT2D eigenvalue weighted by molar-refractivity contribution is 7.20. The van der Waals surface area contributed by atoms with E-state index >= 15 is 0 Å². The number of rotatable bonds is 5. The molecule has 2 aromatic heterocycles. The van der Waals surface area contributed by atoms with Gasteiger partial charge < -0.3 is 10.6 Å². The number of anilines is 2. The molecule has 10 heteroatoms. The maximum Gasteiger partial charge on any atom is 0.143 e. The van der Waals surface area contributed by atoms with E-state index in [2.05, 4.69) is 48.9 Å². The zero-order valence-electron chi connectivity index (χ0n) is 18.4. The average molecular weight is 496 g/mol. The Bertz CT molecular complexity index is 1340. The summed E-state index contributed by atoms with van der Waals surface area (Å²) in [7, 11) is 0. The molecule has 1 saturated heterocycles. The molecule has 0 unspecified atom stereocenters. The van der Waals surface area contributed by atoms with Gasteiger partial charge in [0.1, 0.15) is 22.8 Å². The lowest BCUT2D eigenvalue weighted by molar-refractivity contribution is 0.215. The summed E-state index contributed by atoms with van der Waals surface area (Å²) in [5, 5.41) is 14.6. The van der Waals surface area contributed by atoms with Gasteiger partial charge in [0.05, 0.1) is 22.7 Å². The van der Waals surface area contributed by atoms with Crippen molar-refractivity contribution in [1.29, 1.82) is 0 Å². The number of hydrogen-bond acceptors (Lipinski definition) is 8. The fourth-order valence-corrected chi connectivity index (χ4v) is 5.83. The molecule has 3 aromatic rings. The lowest BCUT2D eigenvalue weighted by Gasteiger charge is -2.29. The minimum atomic E-state index is -0.450. The van der Waals surface area contributed by atoms with Crippen LogP contribution in [0, 0.1) is 5.82 Å². The van der Waals surface area contributed by atoms with Crippen LogP contribution in [0.5, 0.6) is 0 Å². The van der Waals surface area contributed by atoms with Gasteiger partial charge >= 0.3 is 0 Å². The van der Waals surface area contributed by atoms with Crippen molar-refractivity contribution in [3.8, 4) is 0 Å². The van der Waals surface area contributed by atoms with E-state index in [1.165, 1.54) is 16.5 Å². The van der Waals surface area contributed by atoms with Crippen molar-refractivity contribution in [2.75, 3.05) is 44.6 Å².